The summed E-state index contributed by atoms with van der Waals surface area (Å²) < 4.78 is 5.92. The molecule has 1 amide bonds. The van der Waals surface area contributed by atoms with E-state index in [9.17, 15) is 4.79 Å². The fourth-order valence-corrected chi connectivity index (χ4v) is 2.49. The maximum atomic E-state index is 12.4. The second-order valence-corrected chi connectivity index (χ2v) is 5.77. The summed E-state index contributed by atoms with van der Waals surface area (Å²) >= 11 is 0. The van der Waals surface area contributed by atoms with Gasteiger partial charge in [0.2, 0.25) is 0 Å². The molecule has 0 aliphatic rings. The number of ether oxygens (including phenoxy) is 1. The minimum absolute atomic E-state index is 0. The number of aromatic nitrogens is 1. The van der Waals surface area contributed by atoms with E-state index < -0.39 is 0 Å². The van der Waals surface area contributed by atoms with Gasteiger partial charge in [-0.15, -0.1) is 12.4 Å². The van der Waals surface area contributed by atoms with Crippen molar-refractivity contribution >= 4 is 40.9 Å². The van der Waals surface area contributed by atoms with Crippen LogP contribution < -0.4 is 16.2 Å². The Morgan fingerprint density at radius 2 is 1.85 bits per heavy atom. The molecule has 8 heteroatoms. The molecule has 0 aliphatic heterocycles. The van der Waals surface area contributed by atoms with E-state index in [1.54, 1.807) is 30.3 Å². The number of nitrogens with zero attached hydrogens (tertiary/aromatic N) is 1. The second-order valence-electron chi connectivity index (χ2n) is 5.77. The molecule has 0 saturated heterocycles. The Labute approximate surface area is 156 Å². The number of nitrogen functional groups attached to an aromatic ring is 1. The highest BCUT2D eigenvalue weighted by Crippen LogP contribution is 2.32. The number of amides is 1. The number of rotatable bonds is 3. The van der Waals surface area contributed by atoms with Crippen molar-refractivity contribution in [1.29, 1.82) is 5.41 Å². The molecule has 136 valence electrons. The van der Waals surface area contributed by atoms with Crippen LogP contribution in [0.4, 0.5) is 5.69 Å². The SMILES string of the molecule is Cc1ccc(Oc2ccc(N)cc2)c2[nH]c(C(=O)N(C)C(=N)N)cc12.Cl. The van der Waals surface area contributed by atoms with Gasteiger partial charge in [-0.1, -0.05) is 6.07 Å². The zero-order valence-electron chi connectivity index (χ0n) is 14.4. The Kier molecular flexibility index (Phi) is 5.42. The number of hydrogen-bond acceptors (Lipinski definition) is 4. The molecule has 7 nitrogen and oxygen atoms in total. The lowest BCUT2D eigenvalue weighted by atomic mass is 10.1. The van der Waals surface area contributed by atoms with Crippen LogP contribution in [0, 0.1) is 12.3 Å². The topological polar surface area (TPSA) is 121 Å². The molecule has 3 rings (SSSR count). The lowest BCUT2D eigenvalue weighted by Crippen LogP contribution is -2.38. The third-order valence-corrected chi connectivity index (χ3v) is 3.98. The van der Waals surface area contributed by atoms with Gasteiger partial charge in [-0.2, -0.15) is 0 Å². The fraction of sp³-hybridized carbons (Fsp3) is 0.111. The van der Waals surface area contributed by atoms with Crippen LogP contribution in [0.15, 0.2) is 42.5 Å². The van der Waals surface area contributed by atoms with Crippen LogP contribution in [0.2, 0.25) is 0 Å². The predicted octanol–water partition coefficient (Wildman–Crippen LogP) is 3.24. The van der Waals surface area contributed by atoms with Crippen LogP contribution >= 0.6 is 12.4 Å². The Balaban J connectivity index is 0.00000243. The first-order chi connectivity index (χ1) is 11.9. The van der Waals surface area contributed by atoms with Crippen LogP contribution in [0.5, 0.6) is 11.5 Å². The summed E-state index contributed by atoms with van der Waals surface area (Å²) in [6.45, 7) is 1.95. The third kappa shape index (κ3) is 3.57. The molecule has 26 heavy (non-hydrogen) atoms. The number of hydrogen-bond donors (Lipinski definition) is 4. The van der Waals surface area contributed by atoms with E-state index in [-0.39, 0.29) is 24.3 Å². The smallest absolute Gasteiger partial charge is 0.276 e. The highest BCUT2D eigenvalue weighted by Gasteiger charge is 2.18. The molecular weight excluding hydrogens is 354 g/mol. The molecule has 0 unspecified atom stereocenters. The summed E-state index contributed by atoms with van der Waals surface area (Å²) in [5.41, 5.74) is 13.8. The number of fused-ring (bicyclic) bond motifs is 1. The van der Waals surface area contributed by atoms with E-state index >= 15 is 0 Å². The van der Waals surface area contributed by atoms with Crippen LogP contribution in [0.1, 0.15) is 16.1 Å². The first-order valence-electron chi connectivity index (χ1n) is 7.64. The van der Waals surface area contributed by atoms with Crippen molar-refractivity contribution in [3.05, 3.63) is 53.7 Å². The molecule has 1 heterocycles. The van der Waals surface area contributed by atoms with E-state index in [1.807, 2.05) is 19.1 Å². The van der Waals surface area contributed by atoms with Gasteiger partial charge >= 0.3 is 0 Å². The summed E-state index contributed by atoms with van der Waals surface area (Å²) in [7, 11) is 1.45. The number of nitrogens with two attached hydrogens (primary N) is 2. The summed E-state index contributed by atoms with van der Waals surface area (Å²) in [5.74, 6) is 0.526. The van der Waals surface area contributed by atoms with Crippen molar-refractivity contribution in [2.75, 3.05) is 12.8 Å². The number of H-pyrrole nitrogens is 1. The van der Waals surface area contributed by atoms with Crippen LogP contribution in [-0.2, 0) is 0 Å². The van der Waals surface area contributed by atoms with Crippen molar-refractivity contribution in [3.63, 3.8) is 0 Å². The normalized spacial score (nSPS) is 10.2. The van der Waals surface area contributed by atoms with Gasteiger partial charge in [-0.25, -0.2) is 0 Å². The number of anilines is 1. The molecule has 0 bridgehead atoms. The highest BCUT2D eigenvalue weighted by atomic mass is 35.5. The second kappa shape index (κ2) is 7.37. The average molecular weight is 374 g/mol. The molecule has 1 aromatic heterocycles. The molecule has 0 fully saturated rings. The number of carbonyl (C=O) groups is 1. The molecule has 0 aliphatic carbocycles. The van der Waals surface area contributed by atoms with E-state index in [4.69, 9.17) is 21.6 Å². The molecule has 0 radical (unpaired) electrons. The molecule has 0 atom stereocenters. The zero-order chi connectivity index (χ0) is 18.1. The van der Waals surface area contributed by atoms with E-state index in [0.717, 1.165) is 15.8 Å². The molecule has 0 spiro atoms. The summed E-state index contributed by atoms with van der Waals surface area (Å²) in [4.78, 5) is 16.5. The number of guanidine groups is 1. The lowest BCUT2D eigenvalue weighted by molar-refractivity contribution is 0.0864. The first kappa shape index (κ1) is 19.1. The number of aromatic amines is 1. The van der Waals surface area contributed by atoms with Crippen molar-refractivity contribution in [3.8, 4) is 11.5 Å². The highest BCUT2D eigenvalue weighted by molar-refractivity contribution is 6.06. The van der Waals surface area contributed by atoms with Gasteiger partial charge in [0, 0.05) is 18.1 Å². The van der Waals surface area contributed by atoms with E-state index in [1.165, 1.54) is 7.05 Å². The number of halogens is 1. The molecule has 0 saturated carbocycles. The Morgan fingerprint density at radius 3 is 2.46 bits per heavy atom. The maximum absolute atomic E-state index is 12.4. The Hall–Kier alpha value is -3.19. The fourth-order valence-electron chi connectivity index (χ4n) is 2.49. The van der Waals surface area contributed by atoms with Crippen molar-refractivity contribution in [2.24, 2.45) is 5.73 Å². The summed E-state index contributed by atoms with van der Waals surface area (Å²) in [6.07, 6.45) is 0. The van der Waals surface area contributed by atoms with Crippen molar-refractivity contribution < 1.29 is 9.53 Å². The summed E-state index contributed by atoms with van der Waals surface area (Å²) in [5, 5.41) is 8.27. The average Bonchev–Trinajstić information content (AvgIpc) is 3.04. The molecule has 3 aromatic rings. The van der Waals surface area contributed by atoms with Crippen molar-refractivity contribution in [1.82, 2.24) is 9.88 Å². The number of nitrogens with one attached hydrogen (secondary N) is 2. The third-order valence-electron chi connectivity index (χ3n) is 3.98. The van der Waals surface area contributed by atoms with Crippen LogP contribution in [0.3, 0.4) is 0 Å². The van der Waals surface area contributed by atoms with Gasteiger partial charge in [0.05, 0.1) is 5.52 Å². The van der Waals surface area contributed by atoms with Gasteiger partial charge in [-0.3, -0.25) is 15.1 Å². The lowest BCUT2D eigenvalue weighted by Gasteiger charge is -2.12. The Bertz CT molecular complexity index is 966. The monoisotopic (exact) mass is 373 g/mol. The maximum Gasteiger partial charge on any atom is 0.276 e. The number of carbonyl (C=O) groups excluding carboxylic acids is 1. The van der Waals surface area contributed by atoms with E-state index in [0.29, 0.717) is 28.4 Å². The largest absolute Gasteiger partial charge is 0.455 e. The van der Waals surface area contributed by atoms with Crippen LogP contribution in [0.25, 0.3) is 10.9 Å². The minimum atomic E-state index is -0.387. The summed E-state index contributed by atoms with van der Waals surface area (Å²) in [6, 6.07) is 12.6. The minimum Gasteiger partial charge on any atom is -0.455 e. The number of aryl methyl sites for hydroxylation is 1. The molecule has 6 N–H and O–H groups in total. The first-order valence-corrected chi connectivity index (χ1v) is 7.64. The predicted molar refractivity (Wildman–Crippen MR) is 105 cm³/mol. The zero-order valence-corrected chi connectivity index (χ0v) is 15.2. The van der Waals surface area contributed by atoms with Gasteiger partial charge < -0.3 is 21.2 Å². The van der Waals surface area contributed by atoms with Crippen molar-refractivity contribution in [2.45, 2.75) is 6.92 Å². The van der Waals surface area contributed by atoms with Gasteiger partial charge in [0.25, 0.3) is 5.91 Å². The van der Waals surface area contributed by atoms with E-state index in [2.05, 4.69) is 4.98 Å². The quantitative estimate of drug-likeness (QED) is 0.320. The Morgan fingerprint density at radius 1 is 1.19 bits per heavy atom. The van der Waals surface area contributed by atoms with Crippen LogP contribution in [-0.4, -0.2) is 28.8 Å². The molecular formula is C18H20ClN5O2. The standard InChI is InChI=1S/C18H19N5O2.ClH/c1-10-3-8-15(25-12-6-4-11(19)5-7-12)16-13(10)9-14(22-16)17(24)23(2)18(20)21;/h3-9,22H,19H2,1-2H3,(H3,20,21);1H. The molecule has 2 aromatic carbocycles. The van der Waals surface area contributed by atoms with Gasteiger partial charge in [0.1, 0.15) is 11.4 Å². The van der Waals surface area contributed by atoms with Gasteiger partial charge in [-0.05, 0) is 48.9 Å². The number of benzene rings is 2. The van der Waals surface area contributed by atoms with Gasteiger partial charge in [0.15, 0.2) is 11.7 Å².